The van der Waals surface area contributed by atoms with E-state index in [1.165, 1.54) is 22.5 Å². The van der Waals surface area contributed by atoms with E-state index in [-0.39, 0.29) is 47.5 Å². The van der Waals surface area contributed by atoms with Gasteiger partial charge in [0.15, 0.2) is 5.76 Å². The van der Waals surface area contributed by atoms with Crippen molar-refractivity contribution in [1.29, 1.82) is 0 Å². The Kier molecular flexibility index (Phi) is 6.85. The second-order valence-corrected chi connectivity index (χ2v) is 10.5. The standard InChI is InChI=1S/C23H28FN3O5S/c1-16-6-7-20(32-16)22(28)25-18-10-12-26(13-11-18)23(29)17-8-14-27(15-9-17)33(30,31)21-5-3-2-4-19(21)24/h2-7,17-18H,8-15H2,1H3,(H,25,28). The van der Waals surface area contributed by atoms with Gasteiger partial charge in [0.2, 0.25) is 15.9 Å². The number of carbonyl (C=O) groups is 2. The molecule has 2 aliphatic heterocycles. The molecule has 0 atom stereocenters. The van der Waals surface area contributed by atoms with Crippen molar-refractivity contribution in [2.75, 3.05) is 26.2 Å². The summed E-state index contributed by atoms with van der Waals surface area (Å²) in [6.07, 6.45) is 2.11. The lowest BCUT2D eigenvalue weighted by Crippen LogP contribution is -2.49. The molecule has 10 heteroatoms. The van der Waals surface area contributed by atoms with E-state index >= 15 is 0 Å². The smallest absolute Gasteiger partial charge is 0.287 e. The van der Waals surface area contributed by atoms with Crippen molar-refractivity contribution in [3.63, 3.8) is 0 Å². The summed E-state index contributed by atoms with van der Waals surface area (Å²) in [5.41, 5.74) is 0. The van der Waals surface area contributed by atoms with E-state index in [9.17, 15) is 22.4 Å². The normalized spacial score (nSPS) is 18.9. The molecule has 8 nitrogen and oxygen atoms in total. The van der Waals surface area contributed by atoms with Crippen LogP contribution in [0, 0.1) is 18.7 Å². The van der Waals surface area contributed by atoms with Crippen LogP contribution in [0.5, 0.6) is 0 Å². The van der Waals surface area contributed by atoms with Crippen LogP contribution in [0.2, 0.25) is 0 Å². The van der Waals surface area contributed by atoms with Gasteiger partial charge in [0.05, 0.1) is 0 Å². The van der Waals surface area contributed by atoms with Gasteiger partial charge in [-0.15, -0.1) is 0 Å². The summed E-state index contributed by atoms with van der Waals surface area (Å²) in [7, 11) is -3.92. The van der Waals surface area contributed by atoms with Gasteiger partial charge in [0.25, 0.3) is 5.91 Å². The van der Waals surface area contributed by atoms with E-state index < -0.39 is 15.8 Å². The third kappa shape index (κ3) is 5.11. The fraction of sp³-hybridized carbons (Fsp3) is 0.478. The molecule has 0 radical (unpaired) electrons. The molecule has 1 aromatic carbocycles. The summed E-state index contributed by atoms with van der Waals surface area (Å²) < 4.78 is 46.1. The number of furan rings is 1. The van der Waals surface area contributed by atoms with Crippen LogP contribution >= 0.6 is 0 Å². The Morgan fingerprint density at radius 3 is 2.27 bits per heavy atom. The molecule has 2 fully saturated rings. The molecule has 0 aliphatic carbocycles. The monoisotopic (exact) mass is 477 g/mol. The Balaban J connectivity index is 1.27. The van der Waals surface area contributed by atoms with E-state index in [4.69, 9.17) is 4.42 Å². The first-order chi connectivity index (χ1) is 15.8. The number of rotatable bonds is 5. The lowest BCUT2D eigenvalue weighted by molar-refractivity contribution is -0.137. The summed E-state index contributed by atoms with van der Waals surface area (Å²) in [4.78, 5) is 26.7. The number of carbonyl (C=O) groups excluding carboxylic acids is 2. The highest BCUT2D eigenvalue weighted by Gasteiger charge is 2.36. The maximum atomic E-state index is 14.0. The third-order valence-electron chi connectivity index (χ3n) is 6.36. The van der Waals surface area contributed by atoms with Gasteiger partial charge in [-0.1, -0.05) is 12.1 Å². The topological polar surface area (TPSA) is 99.9 Å². The van der Waals surface area contributed by atoms with E-state index in [1.807, 2.05) is 0 Å². The molecule has 1 aromatic heterocycles. The van der Waals surface area contributed by atoms with Crippen LogP contribution in [0.4, 0.5) is 4.39 Å². The first kappa shape index (κ1) is 23.4. The summed E-state index contributed by atoms with van der Waals surface area (Å²) in [6, 6.07) is 8.69. The number of likely N-dealkylation sites (tertiary alicyclic amines) is 1. The predicted octanol–water partition coefficient (Wildman–Crippen LogP) is 2.55. The Morgan fingerprint density at radius 2 is 1.67 bits per heavy atom. The second kappa shape index (κ2) is 9.64. The SMILES string of the molecule is Cc1ccc(C(=O)NC2CCN(C(=O)C3CCN(S(=O)(=O)c4ccccc4F)CC3)CC2)o1. The van der Waals surface area contributed by atoms with Crippen molar-refractivity contribution in [2.45, 2.75) is 43.5 Å². The maximum Gasteiger partial charge on any atom is 0.287 e. The van der Waals surface area contributed by atoms with Crippen molar-refractivity contribution in [1.82, 2.24) is 14.5 Å². The molecule has 2 amide bonds. The number of hydrogen-bond acceptors (Lipinski definition) is 5. The lowest BCUT2D eigenvalue weighted by atomic mass is 9.95. The summed E-state index contributed by atoms with van der Waals surface area (Å²) in [5.74, 6) is -0.306. The molecule has 4 rings (SSSR count). The molecule has 33 heavy (non-hydrogen) atoms. The van der Waals surface area contributed by atoms with Crippen LogP contribution in [-0.2, 0) is 14.8 Å². The zero-order valence-electron chi connectivity index (χ0n) is 18.5. The fourth-order valence-electron chi connectivity index (χ4n) is 4.45. The number of hydrogen-bond donors (Lipinski definition) is 1. The highest BCUT2D eigenvalue weighted by atomic mass is 32.2. The van der Waals surface area contributed by atoms with Crippen LogP contribution < -0.4 is 5.32 Å². The number of piperidine rings is 2. The minimum Gasteiger partial charge on any atom is -0.456 e. The average Bonchev–Trinajstić information content (AvgIpc) is 3.26. The van der Waals surface area contributed by atoms with Gasteiger partial charge >= 0.3 is 0 Å². The first-order valence-electron chi connectivity index (χ1n) is 11.2. The average molecular weight is 478 g/mol. The second-order valence-electron chi connectivity index (χ2n) is 8.59. The zero-order valence-corrected chi connectivity index (χ0v) is 19.3. The number of halogens is 1. The largest absolute Gasteiger partial charge is 0.456 e. The van der Waals surface area contributed by atoms with Crippen LogP contribution in [-0.4, -0.2) is 61.7 Å². The molecule has 1 N–H and O–H groups in total. The highest BCUT2D eigenvalue weighted by molar-refractivity contribution is 7.89. The van der Waals surface area contributed by atoms with E-state index in [2.05, 4.69) is 5.32 Å². The van der Waals surface area contributed by atoms with Gasteiger partial charge in [0, 0.05) is 38.1 Å². The van der Waals surface area contributed by atoms with Crippen molar-refractivity contribution in [3.8, 4) is 0 Å². The number of nitrogens with zero attached hydrogens (tertiary/aromatic N) is 2. The van der Waals surface area contributed by atoms with Gasteiger partial charge in [-0.05, 0) is 56.9 Å². The zero-order chi connectivity index (χ0) is 23.6. The van der Waals surface area contributed by atoms with E-state index in [0.717, 1.165) is 6.07 Å². The molecule has 0 unspecified atom stereocenters. The number of sulfonamides is 1. The van der Waals surface area contributed by atoms with Gasteiger partial charge < -0.3 is 14.6 Å². The summed E-state index contributed by atoms with van der Waals surface area (Å²) in [5, 5.41) is 2.96. The summed E-state index contributed by atoms with van der Waals surface area (Å²) >= 11 is 0. The maximum absolute atomic E-state index is 14.0. The Morgan fingerprint density at radius 1 is 1.00 bits per heavy atom. The van der Waals surface area contributed by atoms with Crippen LogP contribution in [0.15, 0.2) is 45.7 Å². The Hall–Kier alpha value is -2.72. The van der Waals surface area contributed by atoms with E-state index in [1.54, 1.807) is 24.0 Å². The number of amides is 2. The number of nitrogens with one attached hydrogen (secondary N) is 1. The molecular weight excluding hydrogens is 449 g/mol. The lowest BCUT2D eigenvalue weighted by Gasteiger charge is -2.37. The van der Waals surface area contributed by atoms with Crippen LogP contribution in [0.1, 0.15) is 42.0 Å². The van der Waals surface area contributed by atoms with Gasteiger partial charge in [-0.3, -0.25) is 9.59 Å². The quantitative estimate of drug-likeness (QED) is 0.714. The summed E-state index contributed by atoms with van der Waals surface area (Å²) in [6.45, 7) is 3.22. The molecule has 2 saturated heterocycles. The van der Waals surface area contributed by atoms with Gasteiger partial charge in [-0.2, -0.15) is 4.31 Å². The highest BCUT2D eigenvalue weighted by Crippen LogP contribution is 2.27. The minimum absolute atomic E-state index is 0.0179. The number of benzene rings is 1. The molecule has 0 saturated carbocycles. The van der Waals surface area contributed by atoms with Crippen LogP contribution in [0.25, 0.3) is 0 Å². The third-order valence-corrected chi connectivity index (χ3v) is 8.30. The van der Waals surface area contributed by atoms with E-state index in [0.29, 0.717) is 44.5 Å². The van der Waals surface area contributed by atoms with Crippen molar-refractivity contribution < 1.29 is 26.8 Å². The molecule has 0 bridgehead atoms. The van der Waals surface area contributed by atoms with Crippen molar-refractivity contribution in [2.24, 2.45) is 5.92 Å². The first-order valence-corrected chi connectivity index (χ1v) is 12.6. The van der Waals surface area contributed by atoms with Crippen molar-refractivity contribution >= 4 is 21.8 Å². The van der Waals surface area contributed by atoms with Gasteiger partial charge in [0.1, 0.15) is 16.5 Å². The molecule has 2 aromatic rings. The molecule has 178 valence electrons. The molecule has 0 spiro atoms. The van der Waals surface area contributed by atoms with Crippen LogP contribution in [0.3, 0.4) is 0 Å². The minimum atomic E-state index is -3.92. The Labute approximate surface area is 192 Å². The number of aryl methyl sites for hydroxylation is 1. The Bertz CT molecular complexity index is 1120. The molecular formula is C23H28FN3O5S. The van der Waals surface area contributed by atoms with Gasteiger partial charge in [-0.25, -0.2) is 12.8 Å². The predicted molar refractivity (Wildman–Crippen MR) is 118 cm³/mol. The van der Waals surface area contributed by atoms with Crippen molar-refractivity contribution in [3.05, 3.63) is 53.7 Å². The fourth-order valence-corrected chi connectivity index (χ4v) is 5.99. The molecule has 3 heterocycles. The molecule has 2 aliphatic rings.